The molecule has 0 aromatic carbocycles. The molecule has 138 valence electrons. The molecule has 2 aliphatic rings. The van der Waals surface area contributed by atoms with Gasteiger partial charge in [-0.1, -0.05) is 19.3 Å². The van der Waals surface area contributed by atoms with Gasteiger partial charge in [-0.3, -0.25) is 9.59 Å². The van der Waals surface area contributed by atoms with E-state index in [1.54, 1.807) is 0 Å². The third-order valence-corrected chi connectivity index (χ3v) is 4.91. The summed E-state index contributed by atoms with van der Waals surface area (Å²) < 4.78 is 47.8. The summed E-state index contributed by atoms with van der Waals surface area (Å²) in [6.07, 6.45) is 1.88. The van der Waals surface area contributed by atoms with Crippen molar-refractivity contribution in [3.8, 4) is 0 Å². The molecule has 0 aromatic rings. The summed E-state index contributed by atoms with van der Waals surface area (Å²) >= 11 is 0. The lowest BCUT2D eigenvalue weighted by molar-refractivity contribution is -0.174. The summed E-state index contributed by atoms with van der Waals surface area (Å²) in [5.41, 5.74) is 0. The molecule has 0 aliphatic heterocycles. The largest absolute Gasteiger partial charge is 0.462 e. The van der Waals surface area contributed by atoms with Gasteiger partial charge in [-0.05, 0) is 38.5 Å². The van der Waals surface area contributed by atoms with Crippen LogP contribution >= 0.6 is 0 Å². The van der Waals surface area contributed by atoms with E-state index in [-0.39, 0.29) is 6.10 Å². The van der Waals surface area contributed by atoms with Crippen LogP contribution in [0.5, 0.6) is 0 Å². The molecule has 0 amide bonds. The van der Waals surface area contributed by atoms with Gasteiger partial charge in [-0.2, -0.15) is 0 Å². The van der Waals surface area contributed by atoms with E-state index in [1.165, 1.54) is 0 Å². The Hall–Kier alpha value is -1.27. The van der Waals surface area contributed by atoms with Crippen molar-refractivity contribution < 1.29 is 32.2 Å². The number of esters is 2. The highest BCUT2D eigenvalue weighted by Gasteiger charge is 2.40. The summed E-state index contributed by atoms with van der Waals surface area (Å²) in [6.45, 7) is -1.44. The molecule has 24 heavy (non-hydrogen) atoms. The van der Waals surface area contributed by atoms with Gasteiger partial charge in [-0.25, -0.2) is 13.2 Å². The van der Waals surface area contributed by atoms with Crippen LogP contribution in [0, 0.1) is 11.8 Å². The molecule has 0 saturated heterocycles. The second-order valence-electron chi connectivity index (χ2n) is 6.66. The van der Waals surface area contributed by atoms with E-state index >= 15 is 0 Å². The molecule has 2 rings (SSSR count). The van der Waals surface area contributed by atoms with Gasteiger partial charge in [-0.15, -0.1) is 0 Å². The Balaban J connectivity index is 1.95. The molecule has 0 bridgehead atoms. The zero-order valence-corrected chi connectivity index (χ0v) is 13.7. The first kappa shape index (κ1) is 19.1. The Morgan fingerprint density at radius 3 is 1.96 bits per heavy atom. The molecule has 0 heterocycles. The van der Waals surface area contributed by atoms with Crippen LogP contribution in [0.2, 0.25) is 0 Å². The zero-order chi connectivity index (χ0) is 17.5. The van der Waals surface area contributed by atoms with Crippen LogP contribution in [-0.2, 0) is 19.1 Å². The molecule has 2 aliphatic carbocycles. The molecule has 2 saturated carbocycles. The predicted octanol–water partition coefficient (Wildman–Crippen LogP) is 3.82. The van der Waals surface area contributed by atoms with Crippen molar-refractivity contribution >= 4 is 11.9 Å². The number of halogens is 3. The normalized spacial score (nSPS) is 26.8. The van der Waals surface area contributed by atoms with Crippen LogP contribution in [0.15, 0.2) is 0 Å². The molecule has 4 nitrogen and oxygen atoms in total. The monoisotopic (exact) mass is 350 g/mol. The average molecular weight is 350 g/mol. The van der Waals surface area contributed by atoms with Crippen LogP contribution < -0.4 is 0 Å². The number of ether oxygens (including phenoxy) is 2. The van der Waals surface area contributed by atoms with Crippen molar-refractivity contribution in [3.63, 3.8) is 0 Å². The fourth-order valence-corrected chi connectivity index (χ4v) is 3.52. The van der Waals surface area contributed by atoms with Gasteiger partial charge in [0.15, 0.2) is 6.10 Å². The maximum Gasteiger partial charge on any atom is 0.310 e. The smallest absolute Gasteiger partial charge is 0.310 e. The molecule has 0 radical (unpaired) electrons. The molecule has 0 spiro atoms. The Bertz CT molecular complexity index is 424. The van der Waals surface area contributed by atoms with E-state index in [2.05, 4.69) is 4.74 Å². The first-order valence-corrected chi connectivity index (χ1v) is 8.78. The first-order chi connectivity index (χ1) is 11.5. The van der Waals surface area contributed by atoms with Crippen molar-refractivity contribution in [2.75, 3.05) is 6.67 Å². The van der Waals surface area contributed by atoms with E-state index in [4.69, 9.17) is 4.74 Å². The Morgan fingerprint density at radius 1 is 0.875 bits per heavy atom. The third-order valence-electron chi connectivity index (χ3n) is 4.91. The first-order valence-electron chi connectivity index (χ1n) is 8.78. The molecule has 2 fully saturated rings. The summed E-state index contributed by atoms with van der Waals surface area (Å²) in [5, 5.41) is 0. The highest BCUT2D eigenvalue weighted by molar-refractivity contribution is 5.82. The van der Waals surface area contributed by atoms with Crippen LogP contribution in [0.1, 0.15) is 57.8 Å². The molecule has 0 aromatic heterocycles. The van der Waals surface area contributed by atoms with Gasteiger partial charge in [0.2, 0.25) is 0 Å². The number of rotatable bonds is 6. The standard InChI is InChI=1S/C17H25F3O4/c18-10-14(15(19)20)24-17(22)13-9-5-4-8-12(13)16(21)23-11-6-2-1-3-7-11/h11-15H,1-10H2. The van der Waals surface area contributed by atoms with Crippen molar-refractivity contribution in [2.24, 2.45) is 11.8 Å². The third kappa shape index (κ3) is 5.11. The van der Waals surface area contributed by atoms with Gasteiger partial charge in [0, 0.05) is 0 Å². The van der Waals surface area contributed by atoms with E-state index < -0.39 is 43.0 Å². The van der Waals surface area contributed by atoms with Crippen LogP contribution in [0.3, 0.4) is 0 Å². The lowest BCUT2D eigenvalue weighted by atomic mass is 9.79. The van der Waals surface area contributed by atoms with Gasteiger partial charge in [0.05, 0.1) is 11.8 Å². The van der Waals surface area contributed by atoms with Gasteiger partial charge >= 0.3 is 11.9 Å². The minimum Gasteiger partial charge on any atom is -0.462 e. The summed E-state index contributed by atoms with van der Waals surface area (Å²) in [7, 11) is 0. The molecule has 0 N–H and O–H groups in total. The topological polar surface area (TPSA) is 52.6 Å². The predicted molar refractivity (Wildman–Crippen MR) is 80.3 cm³/mol. The molecule has 3 unspecified atom stereocenters. The van der Waals surface area contributed by atoms with Crippen molar-refractivity contribution in [1.29, 1.82) is 0 Å². The number of carbonyl (C=O) groups excluding carboxylic acids is 2. The lowest BCUT2D eigenvalue weighted by Crippen LogP contribution is -2.39. The Morgan fingerprint density at radius 2 is 1.42 bits per heavy atom. The second-order valence-corrected chi connectivity index (χ2v) is 6.66. The fraction of sp³-hybridized carbons (Fsp3) is 0.882. The minimum atomic E-state index is -3.07. The highest BCUT2D eigenvalue weighted by Crippen LogP contribution is 2.34. The fourth-order valence-electron chi connectivity index (χ4n) is 3.52. The Kier molecular flexibility index (Phi) is 7.37. The van der Waals surface area contributed by atoms with E-state index in [9.17, 15) is 22.8 Å². The lowest BCUT2D eigenvalue weighted by Gasteiger charge is -2.31. The van der Waals surface area contributed by atoms with Crippen LogP contribution in [0.4, 0.5) is 13.2 Å². The second kappa shape index (κ2) is 9.28. The van der Waals surface area contributed by atoms with Crippen molar-refractivity contribution in [3.05, 3.63) is 0 Å². The molecular weight excluding hydrogens is 325 g/mol. The molecule has 7 heteroatoms. The maximum absolute atomic E-state index is 12.6. The van der Waals surface area contributed by atoms with E-state index in [1.807, 2.05) is 0 Å². The number of alkyl halides is 3. The average Bonchev–Trinajstić information content (AvgIpc) is 2.60. The summed E-state index contributed by atoms with van der Waals surface area (Å²) in [6, 6.07) is 0. The summed E-state index contributed by atoms with van der Waals surface area (Å²) in [4.78, 5) is 24.6. The molecular formula is C17H25F3O4. The van der Waals surface area contributed by atoms with E-state index in [0.717, 1.165) is 38.5 Å². The van der Waals surface area contributed by atoms with Crippen molar-refractivity contribution in [1.82, 2.24) is 0 Å². The molecule has 3 atom stereocenters. The number of hydrogen-bond acceptors (Lipinski definition) is 4. The quantitative estimate of drug-likeness (QED) is 0.684. The highest BCUT2D eigenvalue weighted by atomic mass is 19.3. The van der Waals surface area contributed by atoms with Gasteiger partial charge in [0.1, 0.15) is 12.8 Å². The van der Waals surface area contributed by atoms with E-state index in [0.29, 0.717) is 19.3 Å². The maximum atomic E-state index is 12.6. The van der Waals surface area contributed by atoms with Crippen molar-refractivity contribution in [2.45, 2.75) is 76.4 Å². The zero-order valence-electron chi connectivity index (χ0n) is 13.7. The van der Waals surface area contributed by atoms with Gasteiger partial charge in [0.25, 0.3) is 6.43 Å². The SMILES string of the molecule is O=C(OC1CCCCC1)C1CCCCC1C(=O)OC(CF)C(F)F. The van der Waals surface area contributed by atoms with Crippen LogP contribution in [-0.4, -0.2) is 37.2 Å². The van der Waals surface area contributed by atoms with Crippen LogP contribution in [0.25, 0.3) is 0 Å². The minimum absolute atomic E-state index is 0.121. The Labute approximate surface area is 140 Å². The summed E-state index contributed by atoms with van der Waals surface area (Å²) in [5.74, 6) is -2.85. The van der Waals surface area contributed by atoms with Gasteiger partial charge < -0.3 is 9.47 Å². The number of carbonyl (C=O) groups is 2. The number of hydrogen-bond donors (Lipinski definition) is 0.